The van der Waals surface area contributed by atoms with Crippen LogP contribution in [0.15, 0.2) is 53.5 Å². The number of benzene rings is 2. The molecule has 1 heterocycles. The first-order chi connectivity index (χ1) is 12.2. The van der Waals surface area contributed by atoms with E-state index in [0.29, 0.717) is 22.1 Å². The van der Waals surface area contributed by atoms with Gasteiger partial charge in [0.15, 0.2) is 6.61 Å². The Balaban J connectivity index is 1.98. The monoisotopic (exact) mass is 334 g/mol. The third-order valence-corrected chi connectivity index (χ3v) is 4.39. The van der Waals surface area contributed by atoms with Crippen molar-refractivity contribution in [1.82, 2.24) is 4.57 Å². The minimum absolute atomic E-state index is 0.0514. The molecule has 3 aromatic rings. The van der Waals surface area contributed by atoms with E-state index in [1.807, 2.05) is 18.3 Å². The Morgan fingerprint density at radius 3 is 2.76 bits per heavy atom. The highest BCUT2D eigenvalue weighted by Gasteiger charge is 2.26. The van der Waals surface area contributed by atoms with Crippen molar-refractivity contribution < 1.29 is 9.13 Å². The fourth-order valence-electron chi connectivity index (χ4n) is 3.05. The van der Waals surface area contributed by atoms with Crippen molar-refractivity contribution in [2.24, 2.45) is 0 Å². The average Bonchev–Trinajstić information content (AvgIpc) is 3.45. The molecule has 1 aliphatic carbocycles. The smallest absolute Gasteiger partial charge is 0.258 e. The van der Waals surface area contributed by atoms with Gasteiger partial charge in [0.2, 0.25) is 0 Å². The number of ether oxygens (including phenoxy) is 1. The van der Waals surface area contributed by atoms with Gasteiger partial charge in [0.25, 0.3) is 5.56 Å². The Morgan fingerprint density at radius 2 is 2.04 bits per heavy atom. The maximum Gasteiger partial charge on any atom is 0.258 e. The van der Waals surface area contributed by atoms with Crippen molar-refractivity contribution in [2.75, 3.05) is 6.61 Å². The summed E-state index contributed by atoms with van der Waals surface area (Å²) in [5, 5.41) is 9.95. The number of fused-ring (bicyclic) bond motifs is 1. The van der Waals surface area contributed by atoms with Gasteiger partial charge in [-0.1, -0.05) is 12.1 Å². The fraction of sp³-hybridized carbons (Fsp3) is 0.200. The first-order valence-corrected chi connectivity index (χ1v) is 8.12. The second-order valence-corrected chi connectivity index (χ2v) is 6.15. The zero-order valence-corrected chi connectivity index (χ0v) is 13.4. The number of hydrogen-bond acceptors (Lipinski definition) is 3. The third-order valence-electron chi connectivity index (χ3n) is 4.39. The standard InChI is InChI=1S/C20H15FN2O2/c21-14-3-1-2-13(10-14)19-12-23(15-4-5-15)20(24)17-7-6-16(11-18(17)19)25-9-8-22/h1-3,6-7,10-12,15H,4-5,9H2. The number of rotatable bonds is 4. The number of hydrogen-bond donors (Lipinski definition) is 0. The Labute approximate surface area is 143 Å². The number of nitrogens with zero attached hydrogens (tertiary/aromatic N) is 2. The van der Waals surface area contributed by atoms with Crippen LogP contribution >= 0.6 is 0 Å². The van der Waals surface area contributed by atoms with Crippen molar-refractivity contribution >= 4 is 10.8 Å². The lowest BCUT2D eigenvalue weighted by Crippen LogP contribution is -2.19. The predicted molar refractivity (Wildman–Crippen MR) is 93.0 cm³/mol. The van der Waals surface area contributed by atoms with E-state index < -0.39 is 0 Å². The summed E-state index contributed by atoms with van der Waals surface area (Å²) in [6.45, 7) is -0.0695. The summed E-state index contributed by atoms with van der Waals surface area (Å²) in [5.74, 6) is 0.182. The molecule has 0 atom stereocenters. The normalized spacial score (nSPS) is 13.6. The van der Waals surface area contributed by atoms with E-state index in [-0.39, 0.29) is 24.0 Å². The molecular formula is C20H15FN2O2. The maximum atomic E-state index is 13.7. The van der Waals surface area contributed by atoms with Gasteiger partial charge in [0, 0.05) is 28.6 Å². The lowest BCUT2D eigenvalue weighted by Gasteiger charge is -2.13. The highest BCUT2D eigenvalue weighted by Crippen LogP contribution is 2.37. The van der Waals surface area contributed by atoms with Crippen LogP contribution in [0.2, 0.25) is 0 Å². The lowest BCUT2D eigenvalue weighted by atomic mass is 10.00. The minimum Gasteiger partial charge on any atom is -0.479 e. The summed E-state index contributed by atoms with van der Waals surface area (Å²) < 4.78 is 20.8. The first kappa shape index (κ1) is 15.4. The largest absolute Gasteiger partial charge is 0.479 e. The molecule has 0 amide bonds. The average molecular weight is 334 g/mol. The molecule has 0 N–H and O–H groups in total. The van der Waals surface area contributed by atoms with E-state index in [0.717, 1.165) is 18.4 Å². The maximum absolute atomic E-state index is 13.7. The van der Waals surface area contributed by atoms with Crippen molar-refractivity contribution in [3.8, 4) is 22.9 Å². The van der Waals surface area contributed by atoms with Crippen LogP contribution in [-0.2, 0) is 0 Å². The van der Waals surface area contributed by atoms with Crippen LogP contribution in [0.3, 0.4) is 0 Å². The van der Waals surface area contributed by atoms with Gasteiger partial charge < -0.3 is 9.30 Å². The van der Waals surface area contributed by atoms with E-state index in [2.05, 4.69) is 0 Å². The summed E-state index contributed by atoms with van der Waals surface area (Å²) >= 11 is 0. The fourth-order valence-corrected chi connectivity index (χ4v) is 3.05. The van der Waals surface area contributed by atoms with Gasteiger partial charge in [0.05, 0.1) is 0 Å². The summed E-state index contributed by atoms with van der Waals surface area (Å²) in [4.78, 5) is 12.8. The van der Waals surface area contributed by atoms with Gasteiger partial charge >= 0.3 is 0 Å². The Bertz CT molecular complexity index is 1060. The second kappa shape index (κ2) is 6.06. The van der Waals surface area contributed by atoms with Gasteiger partial charge in [-0.05, 0) is 48.7 Å². The minimum atomic E-state index is -0.327. The molecular weight excluding hydrogens is 319 g/mol. The molecule has 0 spiro atoms. The van der Waals surface area contributed by atoms with E-state index in [4.69, 9.17) is 10.00 Å². The topological polar surface area (TPSA) is 55.0 Å². The number of nitriles is 1. The van der Waals surface area contributed by atoms with Gasteiger partial charge in [-0.15, -0.1) is 0 Å². The summed E-state index contributed by atoms with van der Waals surface area (Å²) in [5.41, 5.74) is 1.43. The van der Waals surface area contributed by atoms with Crippen molar-refractivity contribution in [3.05, 3.63) is 64.8 Å². The molecule has 2 aromatic carbocycles. The van der Waals surface area contributed by atoms with Gasteiger partial charge in [-0.25, -0.2) is 4.39 Å². The molecule has 0 saturated heterocycles. The molecule has 124 valence electrons. The molecule has 4 nitrogen and oxygen atoms in total. The molecule has 5 heteroatoms. The van der Waals surface area contributed by atoms with E-state index in [1.165, 1.54) is 12.1 Å². The van der Waals surface area contributed by atoms with E-state index in [9.17, 15) is 9.18 Å². The lowest BCUT2D eigenvalue weighted by molar-refractivity contribution is 0.368. The quantitative estimate of drug-likeness (QED) is 0.723. The van der Waals surface area contributed by atoms with E-state index in [1.54, 1.807) is 28.8 Å². The molecule has 1 saturated carbocycles. The van der Waals surface area contributed by atoms with Gasteiger partial charge in [0.1, 0.15) is 17.6 Å². The van der Waals surface area contributed by atoms with Crippen LogP contribution in [0.4, 0.5) is 4.39 Å². The van der Waals surface area contributed by atoms with Crippen LogP contribution in [0.1, 0.15) is 18.9 Å². The van der Waals surface area contributed by atoms with Crippen molar-refractivity contribution in [1.29, 1.82) is 5.26 Å². The molecule has 4 rings (SSSR count). The van der Waals surface area contributed by atoms with Crippen LogP contribution < -0.4 is 10.3 Å². The SMILES string of the molecule is N#CCOc1ccc2c(=O)n(C3CC3)cc(-c3cccc(F)c3)c2c1. The predicted octanol–water partition coefficient (Wildman–Crippen LogP) is 4.04. The number of pyridine rings is 1. The summed E-state index contributed by atoms with van der Waals surface area (Å²) in [7, 11) is 0. The van der Waals surface area contributed by atoms with Gasteiger partial charge in [-0.2, -0.15) is 5.26 Å². The highest BCUT2D eigenvalue weighted by molar-refractivity contribution is 5.96. The molecule has 1 fully saturated rings. The molecule has 1 aromatic heterocycles. The van der Waals surface area contributed by atoms with Crippen molar-refractivity contribution in [3.63, 3.8) is 0 Å². The second-order valence-electron chi connectivity index (χ2n) is 6.15. The Hall–Kier alpha value is -3.13. The molecule has 0 aliphatic heterocycles. The van der Waals surface area contributed by atoms with Gasteiger partial charge in [-0.3, -0.25) is 4.79 Å². The zero-order valence-electron chi connectivity index (χ0n) is 13.4. The number of halogens is 1. The van der Waals surface area contributed by atoms with Crippen LogP contribution in [0.5, 0.6) is 5.75 Å². The third kappa shape index (κ3) is 2.87. The highest BCUT2D eigenvalue weighted by atomic mass is 19.1. The van der Waals surface area contributed by atoms with Crippen LogP contribution in [0, 0.1) is 17.1 Å². The zero-order chi connectivity index (χ0) is 17.4. The first-order valence-electron chi connectivity index (χ1n) is 8.12. The van der Waals surface area contributed by atoms with Crippen LogP contribution in [-0.4, -0.2) is 11.2 Å². The molecule has 0 radical (unpaired) electrons. The summed E-state index contributed by atoms with van der Waals surface area (Å²) in [6.07, 6.45) is 3.78. The van der Waals surface area contributed by atoms with E-state index >= 15 is 0 Å². The molecule has 0 unspecified atom stereocenters. The van der Waals surface area contributed by atoms with Crippen molar-refractivity contribution in [2.45, 2.75) is 18.9 Å². The molecule has 25 heavy (non-hydrogen) atoms. The molecule has 0 bridgehead atoms. The Morgan fingerprint density at radius 1 is 1.20 bits per heavy atom. The summed E-state index contributed by atoms with van der Waals surface area (Å²) in [6, 6.07) is 13.6. The van der Waals surface area contributed by atoms with Crippen LogP contribution in [0.25, 0.3) is 21.9 Å². The Kier molecular flexibility index (Phi) is 3.73. The molecule has 1 aliphatic rings. The number of aromatic nitrogens is 1.